The molecule has 178 valence electrons. The SMILES string of the molecule is CCC(OP(=O)(O)C(O)(CC)CC)C1(C)c2nc3c(N)ncnc3n2C2(O)COC1[C@H]2O. The van der Waals surface area contributed by atoms with Crippen LogP contribution in [0.3, 0.4) is 0 Å². The molecule has 2 aromatic rings. The summed E-state index contributed by atoms with van der Waals surface area (Å²) in [4.78, 5) is 23.5. The molecule has 6 N–H and O–H groups in total. The van der Waals surface area contributed by atoms with Crippen molar-refractivity contribution in [2.45, 2.75) is 81.8 Å². The van der Waals surface area contributed by atoms with Crippen LogP contribution in [0, 0.1) is 0 Å². The highest BCUT2D eigenvalue weighted by molar-refractivity contribution is 7.54. The van der Waals surface area contributed by atoms with Crippen LogP contribution >= 0.6 is 7.60 Å². The molecule has 1 saturated heterocycles. The van der Waals surface area contributed by atoms with Crippen LogP contribution in [0.15, 0.2) is 6.33 Å². The Morgan fingerprint density at radius 3 is 2.66 bits per heavy atom. The van der Waals surface area contributed by atoms with Crippen LogP contribution < -0.4 is 5.73 Å². The lowest BCUT2D eigenvalue weighted by Crippen LogP contribution is -2.62. The van der Waals surface area contributed by atoms with Gasteiger partial charge >= 0.3 is 7.60 Å². The van der Waals surface area contributed by atoms with Crippen molar-refractivity contribution in [2.24, 2.45) is 0 Å². The van der Waals surface area contributed by atoms with E-state index in [4.69, 9.17) is 15.0 Å². The Hall–Kier alpha value is -1.66. The lowest BCUT2D eigenvalue weighted by Gasteiger charge is -2.47. The first kappa shape index (κ1) is 23.5. The Morgan fingerprint density at radius 1 is 1.41 bits per heavy atom. The third kappa shape index (κ3) is 2.84. The summed E-state index contributed by atoms with van der Waals surface area (Å²) in [6.07, 6.45) is -1.96. The van der Waals surface area contributed by atoms with Crippen LogP contribution in [-0.4, -0.2) is 70.0 Å². The fourth-order valence-corrected chi connectivity index (χ4v) is 6.66. The van der Waals surface area contributed by atoms with E-state index in [2.05, 4.69) is 15.0 Å². The predicted molar refractivity (Wildman–Crippen MR) is 114 cm³/mol. The summed E-state index contributed by atoms with van der Waals surface area (Å²) in [6, 6.07) is 0. The molecule has 32 heavy (non-hydrogen) atoms. The summed E-state index contributed by atoms with van der Waals surface area (Å²) >= 11 is 0. The lowest BCUT2D eigenvalue weighted by molar-refractivity contribution is -0.140. The number of imidazole rings is 1. The van der Waals surface area contributed by atoms with Gasteiger partial charge in [-0.05, 0) is 26.2 Å². The number of rotatable bonds is 7. The molecule has 2 aliphatic rings. The lowest BCUT2D eigenvalue weighted by atomic mass is 9.71. The van der Waals surface area contributed by atoms with Crippen molar-refractivity contribution < 1.29 is 34.0 Å². The Labute approximate surface area is 184 Å². The second kappa shape index (κ2) is 7.42. The predicted octanol–water partition coefficient (Wildman–Crippen LogP) is 0.574. The monoisotopic (exact) mass is 471 g/mol. The van der Waals surface area contributed by atoms with E-state index in [0.717, 1.165) is 0 Å². The molecule has 4 rings (SSSR count). The third-order valence-corrected chi connectivity index (χ3v) is 9.36. The number of nitrogens with zero attached hydrogens (tertiary/aromatic N) is 4. The van der Waals surface area contributed by atoms with E-state index in [1.54, 1.807) is 27.7 Å². The van der Waals surface area contributed by atoms with E-state index in [9.17, 15) is 24.8 Å². The van der Waals surface area contributed by atoms with E-state index >= 15 is 0 Å². The standard InChI is InChI=1S/C19H30N5O7P/c1-5-10(31-32(28,29)18(26,6-2)7-3)17(4)13-12(25)19(27,8-30-13)24-15-11(23-16(17)24)14(20)21-9-22-15/h9-10,12-13,25-27H,5-8H2,1-4H3,(H,28,29)(H2,20,21,22)/t10?,12-,13?,17?,19?/m1/s1. The van der Waals surface area contributed by atoms with Gasteiger partial charge in [0.25, 0.3) is 0 Å². The highest BCUT2D eigenvalue weighted by Crippen LogP contribution is 2.61. The average molecular weight is 471 g/mol. The number of hydrogen-bond acceptors (Lipinski definition) is 10. The average Bonchev–Trinajstić information content (AvgIpc) is 3.28. The van der Waals surface area contributed by atoms with Crippen molar-refractivity contribution in [3.05, 3.63) is 12.2 Å². The van der Waals surface area contributed by atoms with Crippen molar-refractivity contribution >= 4 is 24.6 Å². The van der Waals surface area contributed by atoms with E-state index in [-0.39, 0.29) is 48.7 Å². The number of aliphatic hydroxyl groups excluding tert-OH is 1. The van der Waals surface area contributed by atoms with Crippen molar-refractivity contribution in [1.82, 2.24) is 19.5 Å². The fraction of sp³-hybridized carbons (Fsp3) is 0.737. The number of fused-ring (bicyclic) bond motifs is 6. The molecule has 12 nitrogen and oxygen atoms in total. The minimum atomic E-state index is -4.55. The van der Waals surface area contributed by atoms with Crippen LogP contribution in [0.1, 0.15) is 52.8 Å². The molecule has 0 aromatic carbocycles. The molecule has 0 aliphatic carbocycles. The minimum Gasteiger partial charge on any atom is -0.385 e. The number of aromatic nitrogens is 4. The van der Waals surface area contributed by atoms with Gasteiger partial charge in [0.15, 0.2) is 28.0 Å². The van der Waals surface area contributed by atoms with Gasteiger partial charge in [-0.3, -0.25) is 9.13 Å². The number of nitrogens with two attached hydrogens (primary N) is 1. The zero-order valence-electron chi connectivity index (χ0n) is 18.5. The summed E-state index contributed by atoms with van der Waals surface area (Å²) in [5.74, 6) is 0.320. The number of hydrogen-bond donors (Lipinski definition) is 5. The highest BCUT2D eigenvalue weighted by Gasteiger charge is 2.67. The number of aliphatic hydroxyl groups is 3. The molecule has 2 aliphatic heterocycles. The molecule has 0 radical (unpaired) electrons. The largest absolute Gasteiger partial charge is 0.385 e. The molecule has 0 saturated carbocycles. The molecule has 1 fully saturated rings. The van der Waals surface area contributed by atoms with Gasteiger partial charge in [0.1, 0.15) is 24.4 Å². The van der Waals surface area contributed by atoms with Crippen molar-refractivity contribution in [1.29, 1.82) is 0 Å². The van der Waals surface area contributed by atoms with Crippen LogP contribution in [-0.2, 0) is 25.0 Å². The molecule has 4 heterocycles. The number of anilines is 1. The second-order valence-electron chi connectivity index (χ2n) is 8.75. The molecule has 2 bridgehead atoms. The third-order valence-electron chi connectivity index (χ3n) is 7.14. The molecule has 0 spiro atoms. The molecule has 0 amide bonds. The second-order valence-corrected chi connectivity index (χ2v) is 10.8. The van der Waals surface area contributed by atoms with E-state index in [1.165, 1.54) is 10.9 Å². The van der Waals surface area contributed by atoms with Crippen molar-refractivity contribution in [3.8, 4) is 0 Å². The maximum atomic E-state index is 13.2. The summed E-state index contributed by atoms with van der Waals surface area (Å²) in [7, 11) is -4.55. The Bertz CT molecular complexity index is 1090. The number of nitrogen functional groups attached to an aromatic ring is 1. The maximum absolute atomic E-state index is 13.2. The van der Waals surface area contributed by atoms with Crippen LogP contribution in [0.4, 0.5) is 5.82 Å². The maximum Gasteiger partial charge on any atom is 0.359 e. The minimum absolute atomic E-state index is 0.0113. The first-order valence-electron chi connectivity index (χ1n) is 10.7. The molecule has 5 unspecified atom stereocenters. The van der Waals surface area contributed by atoms with Gasteiger partial charge in [-0.15, -0.1) is 0 Å². The van der Waals surface area contributed by atoms with Gasteiger partial charge in [0, 0.05) is 0 Å². The first-order valence-corrected chi connectivity index (χ1v) is 12.2. The Kier molecular flexibility index (Phi) is 5.45. The summed E-state index contributed by atoms with van der Waals surface area (Å²) < 4.78 is 26.1. The zero-order valence-corrected chi connectivity index (χ0v) is 19.4. The van der Waals surface area contributed by atoms with E-state index in [1.807, 2.05) is 0 Å². The normalized spacial score (nSPS) is 32.6. The Morgan fingerprint density at radius 2 is 2.06 bits per heavy atom. The highest BCUT2D eigenvalue weighted by atomic mass is 31.2. The van der Waals surface area contributed by atoms with Gasteiger partial charge in [-0.25, -0.2) is 15.0 Å². The molecule has 6 atom stereocenters. The van der Waals surface area contributed by atoms with Gasteiger partial charge in [0.2, 0.25) is 0 Å². The van der Waals surface area contributed by atoms with Crippen LogP contribution in [0.2, 0.25) is 0 Å². The molecule has 13 heteroatoms. The number of ether oxygens (including phenoxy) is 1. The van der Waals surface area contributed by atoms with Crippen LogP contribution in [0.5, 0.6) is 0 Å². The Balaban J connectivity index is 1.92. The van der Waals surface area contributed by atoms with Gasteiger partial charge in [0.05, 0.1) is 18.1 Å². The quantitative estimate of drug-likeness (QED) is 0.355. The fourth-order valence-electron chi connectivity index (χ4n) is 4.95. The topological polar surface area (TPSA) is 186 Å². The van der Waals surface area contributed by atoms with Gasteiger partial charge in [-0.1, -0.05) is 20.8 Å². The van der Waals surface area contributed by atoms with Gasteiger partial charge < -0.3 is 35.2 Å². The summed E-state index contributed by atoms with van der Waals surface area (Å²) in [5, 5.41) is 31.2. The van der Waals surface area contributed by atoms with E-state index < -0.39 is 42.4 Å². The molecular formula is C19H30N5O7P. The summed E-state index contributed by atoms with van der Waals surface area (Å²) in [5.41, 5.74) is 3.25. The van der Waals surface area contributed by atoms with Gasteiger partial charge in [-0.2, -0.15) is 0 Å². The van der Waals surface area contributed by atoms with E-state index in [0.29, 0.717) is 0 Å². The molecular weight excluding hydrogens is 441 g/mol. The summed E-state index contributed by atoms with van der Waals surface area (Å²) in [6.45, 7) is 6.37. The van der Waals surface area contributed by atoms with Crippen molar-refractivity contribution in [2.75, 3.05) is 12.3 Å². The zero-order chi connectivity index (χ0) is 23.7. The molecule has 2 aromatic heterocycles. The smallest absolute Gasteiger partial charge is 0.359 e. The van der Waals surface area contributed by atoms with Crippen LogP contribution in [0.25, 0.3) is 11.2 Å². The van der Waals surface area contributed by atoms with Crippen molar-refractivity contribution in [3.63, 3.8) is 0 Å². The first-order chi connectivity index (χ1) is 14.9.